The molecule has 3 N–H and O–H groups in total. The molecule has 0 aliphatic rings. The van der Waals surface area contributed by atoms with Crippen molar-refractivity contribution in [1.29, 1.82) is 0 Å². The predicted molar refractivity (Wildman–Crippen MR) is 78.2 cm³/mol. The van der Waals surface area contributed by atoms with E-state index in [1.165, 1.54) is 11.3 Å². The van der Waals surface area contributed by atoms with Gasteiger partial charge in [0, 0.05) is 29.7 Å². The van der Waals surface area contributed by atoms with Gasteiger partial charge in [-0.05, 0) is 33.4 Å². The maximum Gasteiger partial charge on any atom is 0.261 e. The van der Waals surface area contributed by atoms with Gasteiger partial charge in [0.05, 0.1) is 4.88 Å². The Morgan fingerprint density at radius 2 is 2.28 bits per heavy atom. The van der Waals surface area contributed by atoms with Gasteiger partial charge in [-0.2, -0.15) is 0 Å². The minimum Gasteiger partial charge on any atom is -0.398 e. The number of amides is 1. The third kappa shape index (κ3) is 3.99. The maximum absolute atomic E-state index is 11.9. The Morgan fingerprint density at radius 1 is 1.61 bits per heavy atom. The van der Waals surface area contributed by atoms with Crippen molar-refractivity contribution in [2.75, 3.05) is 25.9 Å². The summed E-state index contributed by atoms with van der Waals surface area (Å²) in [5.41, 5.74) is 6.43. The molecule has 5 heteroatoms. The van der Waals surface area contributed by atoms with E-state index in [4.69, 9.17) is 5.73 Å². The van der Waals surface area contributed by atoms with Gasteiger partial charge in [0.15, 0.2) is 0 Å². The molecule has 1 aromatic heterocycles. The highest BCUT2D eigenvalue weighted by molar-refractivity contribution is 7.14. The second kappa shape index (κ2) is 6.75. The number of rotatable bonds is 6. The summed E-state index contributed by atoms with van der Waals surface area (Å²) in [6, 6.07) is 2.29. The third-order valence-corrected chi connectivity index (χ3v) is 4.34. The van der Waals surface area contributed by atoms with Crippen molar-refractivity contribution in [2.24, 2.45) is 0 Å². The lowest BCUT2D eigenvalue weighted by molar-refractivity contribution is 0.0951. The Kier molecular flexibility index (Phi) is 5.62. The number of hydrogen-bond donors (Lipinski definition) is 2. The average molecular weight is 269 g/mol. The zero-order chi connectivity index (χ0) is 13.7. The van der Waals surface area contributed by atoms with Crippen molar-refractivity contribution in [3.05, 3.63) is 15.8 Å². The van der Waals surface area contributed by atoms with E-state index in [9.17, 15) is 4.79 Å². The number of carbonyl (C=O) groups excluding carboxylic acids is 1. The first kappa shape index (κ1) is 15.0. The molecule has 1 unspecified atom stereocenters. The van der Waals surface area contributed by atoms with Crippen LogP contribution in [0, 0.1) is 6.92 Å². The van der Waals surface area contributed by atoms with Crippen LogP contribution in [0.15, 0.2) is 6.07 Å². The summed E-state index contributed by atoms with van der Waals surface area (Å²) >= 11 is 1.44. The number of anilines is 1. The average Bonchev–Trinajstić information content (AvgIpc) is 2.68. The lowest BCUT2D eigenvalue weighted by Gasteiger charge is -2.23. The van der Waals surface area contributed by atoms with E-state index in [0.717, 1.165) is 17.8 Å². The molecule has 1 rings (SSSR count). The Bertz CT molecular complexity index is 383. The van der Waals surface area contributed by atoms with E-state index in [1.807, 2.05) is 6.92 Å². The summed E-state index contributed by atoms with van der Waals surface area (Å²) in [7, 11) is 2.08. The van der Waals surface area contributed by atoms with Gasteiger partial charge in [0.2, 0.25) is 0 Å². The van der Waals surface area contributed by atoms with Crippen molar-refractivity contribution in [3.8, 4) is 0 Å². The van der Waals surface area contributed by atoms with Crippen molar-refractivity contribution >= 4 is 22.9 Å². The molecular formula is C13H23N3OS. The Labute approximate surface area is 113 Å². The first-order valence-corrected chi connectivity index (χ1v) is 7.11. The van der Waals surface area contributed by atoms with E-state index in [1.54, 1.807) is 6.07 Å². The molecule has 0 bridgehead atoms. The molecule has 0 saturated heterocycles. The molecule has 1 aromatic rings. The molecule has 0 spiro atoms. The highest BCUT2D eigenvalue weighted by atomic mass is 32.1. The van der Waals surface area contributed by atoms with Crippen LogP contribution in [0.25, 0.3) is 0 Å². The van der Waals surface area contributed by atoms with Crippen molar-refractivity contribution in [3.63, 3.8) is 0 Å². The van der Waals surface area contributed by atoms with E-state index in [2.05, 4.69) is 31.1 Å². The molecule has 102 valence electrons. The molecule has 0 aliphatic heterocycles. The third-order valence-electron chi connectivity index (χ3n) is 3.27. The minimum absolute atomic E-state index is 0.0302. The van der Waals surface area contributed by atoms with Crippen LogP contribution in [0.1, 0.15) is 34.8 Å². The van der Waals surface area contributed by atoms with Crippen LogP contribution in [0.5, 0.6) is 0 Å². The lowest BCUT2D eigenvalue weighted by Crippen LogP contribution is -2.36. The van der Waals surface area contributed by atoms with Gasteiger partial charge in [-0.25, -0.2) is 0 Å². The van der Waals surface area contributed by atoms with Gasteiger partial charge >= 0.3 is 0 Å². The molecule has 0 radical (unpaired) electrons. The van der Waals surface area contributed by atoms with Gasteiger partial charge < -0.3 is 16.0 Å². The standard InChI is InChI=1S/C13H23N3OS/c1-5-9(2)16(4)7-6-15-13(17)12-8-11(14)10(3)18-12/h8-9H,5-7,14H2,1-4H3,(H,15,17). The van der Waals surface area contributed by atoms with E-state index in [-0.39, 0.29) is 5.91 Å². The Balaban J connectivity index is 2.38. The van der Waals surface area contributed by atoms with Crippen LogP contribution in [0.2, 0.25) is 0 Å². The molecule has 0 aliphatic carbocycles. The quantitative estimate of drug-likeness (QED) is 0.831. The van der Waals surface area contributed by atoms with E-state index >= 15 is 0 Å². The van der Waals surface area contributed by atoms with Gasteiger partial charge in [-0.3, -0.25) is 4.79 Å². The fraction of sp³-hybridized carbons (Fsp3) is 0.615. The van der Waals surface area contributed by atoms with Crippen LogP contribution < -0.4 is 11.1 Å². The first-order valence-electron chi connectivity index (χ1n) is 6.30. The zero-order valence-corrected chi connectivity index (χ0v) is 12.4. The summed E-state index contributed by atoms with van der Waals surface area (Å²) in [5, 5.41) is 2.92. The SMILES string of the molecule is CCC(C)N(C)CCNC(=O)c1cc(N)c(C)s1. The second-order valence-corrected chi connectivity index (χ2v) is 5.87. The van der Waals surface area contributed by atoms with E-state index in [0.29, 0.717) is 23.2 Å². The number of nitrogens with one attached hydrogen (secondary N) is 1. The summed E-state index contributed by atoms with van der Waals surface area (Å²) in [6.07, 6.45) is 1.12. The molecule has 1 amide bonds. The van der Waals surface area contributed by atoms with Gasteiger partial charge in [-0.15, -0.1) is 11.3 Å². The molecular weight excluding hydrogens is 246 g/mol. The predicted octanol–water partition coefficient (Wildman–Crippen LogP) is 2.10. The molecule has 0 fully saturated rings. The van der Waals surface area contributed by atoms with Crippen LogP contribution in [0.3, 0.4) is 0 Å². The Hall–Kier alpha value is -1.07. The normalized spacial score (nSPS) is 12.7. The largest absolute Gasteiger partial charge is 0.398 e. The number of hydrogen-bond acceptors (Lipinski definition) is 4. The van der Waals surface area contributed by atoms with Crippen LogP contribution >= 0.6 is 11.3 Å². The molecule has 18 heavy (non-hydrogen) atoms. The highest BCUT2D eigenvalue weighted by Crippen LogP contribution is 2.22. The van der Waals surface area contributed by atoms with Crippen molar-refractivity contribution < 1.29 is 4.79 Å². The van der Waals surface area contributed by atoms with Crippen molar-refractivity contribution in [2.45, 2.75) is 33.2 Å². The number of nitrogens with two attached hydrogens (primary N) is 1. The topological polar surface area (TPSA) is 58.4 Å². The number of thiophene rings is 1. The monoisotopic (exact) mass is 269 g/mol. The summed E-state index contributed by atoms with van der Waals surface area (Å²) < 4.78 is 0. The van der Waals surface area contributed by atoms with Crippen LogP contribution in [-0.2, 0) is 0 Å². The second-order valence-electron chi connectivity index (χ2n) is 4.62. The number of likely N-dealkylation sites (N-methyl/N-ethyl adjacent to an activating group) is 1. The smallest absolute Gasteiger partial charge is 0.261 e. The minimum atomic E-state index is -0.0302. The molecule has 1 atom stereocenters. The van der Waals surface area contributed by atoms with Crippen LogP contribution in [0.4, 0.5) is 5.69 Å². The van der Waals surface area contributed by atoms with E-state index < -0.39 is 0 Å². The summed E-state index contributed by atoms with van der Waals surface area (Å²) in [4.78, 5) is 15.8. The maximum atomic E-state index is 11.9. The van der Waals surface area contributed by atoms with Gasteiger partial charge in [-0.1, -0.05) is 6.92 Å². The number of nitrogens with zero attached hydrogens (tertiary/aromatic N) is 1. The number of carbonyl (C=O) groups is 1. The fourth-order valence-corrected chi connectivity index (χ4v) is 2.43. The van der Waals surface area contributed by atoms with Crippen LogP contribution in [-0.4, -0.2) is 37.0 Å². The van der Waals surface area contributed by atoms with Gasteiger partial charge in [0.1, 0.15) is 0 Å². The summed E-state index contributed by atoms with van der Waals surface area (Å²) in [5.74, 6) is -0.0302. The number of nitrogen functional groups attached to an aromatic ring is 1. The van der Waals surface area contributed by atoms with Gasteiger partial charge in [0.25, 0.3) is 5.91 Å². The molecule has 0 aromatic carbocycles. The Morgan fingerprint density at radius 3 is 2.78 bits per heavy atom. The number of aryl methyl sites for hydroxylation is 1. The first-order chi connectivity index (χ1) is 8.45. The summed E-state index contributed by atoms with van der Waals surface area (Å²) in [6.45, 7) is 7.80. The van der Waals surface area contributed by atoms with Crippen molar-refractivity contribution in [1.82, 2.24) is 10.2 Å². The fourth-order valence-electron chi connectivity index (χ4n) is 1.57. The zero-order valence-electron chi connectivity index (χ0n) is 11.6. The molecule has 0 saturated carbocycles. The highest BCUT2D eigenvalue weighted by Gasteiger charge is 2.11. The molecule has 4 nitrogen and oxygen atoms in total. The lowest BCUT2D eigenvalue weighted by atomic mass is 10.2. The molecule has 1 heterocycles.